The van der Waals surface area contributed by atoms with E-state index >= 15 is 0 Å². The summed E-state index contributed by atoms with van der Waals surface area (Å²) in [5, 5.41) is 12.8. The molecule has 0 saturated carbocycles. The van der Waals surface area contributed by atoms with Crippen molar-refractivity contribution in [3.63, 3.8) is 0 Å². The van der Waals surface area contributed by atoms with Gasteiger partial charge >= 0.3 is 0 Å². The topological polar surface area (TPSA) is 71.8 Å². The summed E-state index contributed by atoms with van der Waals surface area (Å²) in [6.07, 6.45) is 4.12. The van der Waals surface area contributed by atoms with E-state index in [-0.39, 0.29) is 5.91 Å². The SMILES string of the molecule is Cc1csc(Sc2ccc(NC(=O)c3ccn(C4CCCNC4)n3)cc2)n1. The number of benzene rings is 1. The highest BCUT2D eigenvalue weighted by atomic mass is 32.2. The van der Waals surface area contributed by atoms with E-state index in [2.05, 4.69) is 20.7 Å². The van der Waals surface area contributed by atoms with Gasteiger partial charge in [-0.15, -0.1) is 11.3 Å². The third-order valence-electron chi connectivity index (χ3n) is 4.40. The molecule has 1 unspecified atom stereocenters. The zero-order valence-electron chi connectivity index (χ0n) is 15.0. The van der Waals surface area contributed by atoms with E-state index in [1.807, 2.05) is 47.4 Å². The van der Waals surface area contributed by atoms with Gasteiger partial charge in [-0.1, -0.05) is 11.8 Å². The second kappa shape index (κ2) is 8.24. The summed E-state index contributed by atoms with van der Waals surface area (Å²) < 4.78 is 2.92. The first-order chi connectivity index (χ1) is 13.2. The molecule has 4 rings (SSSR count). The summed E-state index contributed by atoms with van der Waals surface area (Å²) in [5.41, 5.74) is 2.24. The van der Waals surface area contributed by atoms with Crippen LogP contribution in [-0.4, -0.2) is 33.8 Å². The van der Waals surface area contributed by atoms with Gasteiger partial charge in [0, 0.05) is 34.4 Å². The lowest BCUT2D eigenvalue weighted by Gasteiger charge is -2.22. The molecular formula is C19H21N5OS2. The van der Waals surface area contributed by atoms with Gasteiger partial charge in [-0.2, -0.15) is 5.10 Å². The van der Waals surface area contributed by atoms with Crippen LogP contribution in [0.3, 0.4) is 0 Å². The first kappa shape index (κ1) is 18.2. The van der Waals surface area contributed by atoms with Crippen molar-refractivity contribution in [1.29, 1.82) is 0 Å². The smallest absolute Gasteiger partial charge is 0.276 e. The molecule has 6 nitrogen and oxygen atoms in total. The van der Waals surface area contributed by atoms with E-state index in [0.29, 0.717) is 11.7 Å². The average Bonchev–Trinajstić information content (AvgIpc) is 3.33. The van der Waals surface area contributed by atoms with Crippen LogP contribution < -0.4 is 10.6 Å². The molecule has 0 aliphatic carbocycles. The predicted molar refractivity (Wildman–Crippen MR) is 109 cm³/mol. The zero-order chi connectivity index (χ0) is 18.6. The Labute approximate surface area is 166 Å². The third-order valence-corrected chi connectivity index (χ3v) is 6.47. The van der Waals surface area contributed by atoms with Crippen LogP contribution >= 0.6 is 23.1 Å². The molecule has 0 spiro atoms. The second-order valence-corrected chi connectivity index (χ2v) is 8.70. The number of rotatable bonds is 5. The van der Waals surface area contributed by atoms with E-state index < -0.39 is 0 Å². The lowest BCUT2D eigenvalue weighted by molar-refractivity contribution is 0.102. The van der Waals surface area contributed by atoms with Gasteiger partial charge in [0.05, 0.1) is 6.04 Å². The maximum Gasteiger partial charge on any atom is 0.276 e. The van der Waals surface area contributed by atoms with Gasteiger partial charge < -0.3 is 10.6 Å². The highest BCUT2D eigenvalue weighted by molar-refractivity contribution is 8.01. The molecule has 2 aromatic heterocycles. The van der Waals surface area contributed by atoms with Gasteiger partial charge in [0.15, 0.2) is 10.0 Å². The number of nitrogens with zero attached hydrogens (tertiary/aromatic N) is 3. The highest BCUT2D eigenvalue weighted by Gasteiger charge is 2.17. The Bertz CT molecular complexity index is 912. The maximum absolute atomic E-state index is 12.5. The summed E-state index contributed by atoms with van der Waals surface area (Å²) in [5.74, 6) is -0.187. The number of piperidine rings is 1. The molecule has 1 fully saturated rings. The fourth-order valence-electron chi connectivity index (χ4n) is 3.00. The molecule has 1 aliphatic rings. The van der Waals surface area contributed by atoms with Crippen molar-refractivity contribution in [1.82, 2.24) is 20.1 Å². The molecular weight excluding hydrogens is 378 g/mol. The predicted octanol–water partition coefficient (Wildman–Crippen LogP) is 3.98. The Morgan fingerprint density at radius 3 is 2.89 bits per heavy atom. The second-order valence-electron chi connectivity index (χ2n) is 6.52. The number of hydrogen-bond donors (Lipinski definition) is 2. The average molecular weight is 400 g/mol. The van der Waals surface area contributed by atoms with E-state index in [9.17, 15) is 4.79 Å². The standard InChI is InChI=1S/C19H21N5OS2/c1-13-12-26-19(21-13)27-16-6-4-14(5-7-16)22-18(25)17-8-10-24(23-17)15-3-2-9-20-11-15/h4-8,10,12,15,20H,2-3,9,11H2,1H3,(H,22,25). The van der Waals surface area contributed by atoms with E-state index in [1.54, 1.807) is 29.2 Å². The van der Waals surface area contributed by atoms with E-state index in [4.69, 9.17) is 0 Å². The zero-order valence-corrected chi connectivity index (χ0v) is 16.6. The molecule has 2 N–H and O–H groups in total. The van der Waals surface area contributed by atoms with Crippen LogP contribution in [0.25, 0.3) is 0 Å². The number of carbonyl (C=O) groups is 1. The van der Waals surface area contributed by atoms with Crippen molar-refractivity contribution in [2.45, 2.75) is 35.0 Å². The van der Waals surface area contributed by atoms with Crippen LogP contribution in [0.5, 0.6) is 0 Å². The first-order valence-electron chi connectivity index (χ1n) is 8.95. The maximum atomic E-state index is 12.5. The number of nitrogens with one attached hydrogen (secondary N) is 2. The summed E-state index contributed by atoms with van der Waals surface area (Å²) in [6, 6.07) is 9.89. The van der Waals surface area contributed by atoms with Crippen LogP contribution in [0.4, 0.5) is 5.69 Å². The van der Waals surface area contributed by atoms with Crippen molar-refractivity contribution >= 4 is 34.7 Å². The Hall–Kier alpha value is -2.16. The fraction of sp³-hybridized carbons (Fsp3) is 0.316. The molecule has 0 radical (unpaired) electrons. The van der Waals surface area contributed by atoms with Crippen LogP contribution in [0.15, 0.2) is 51.1 Å². The van der Waals surface area contributed by atoms with Crippen molar-refractivity contribution in [3.8, 4) is 0 Å². The number of aryl methyl sites for hydroxylation is 1. The Morgan fingerprint density at radius 2 is 2.19 bits per heavy atom. The quantitative estimate of drug-likeness (QED) is 0.679. The molecule has 1 aromatic carbocycles. The fourth-order valence-corrected chi connectivity index (χ4v) is 4.81. The van der Waals surface area contributed by atoms with Crippen LogP contribution in [0.2, 0.25) is 0 Å². The van der Waals surface area contributed by atoms with Gasteiger partial charge in [0.1, 0.15) is 0 Å². The molecule has 1 atom stereocenters. The lowest BCUT2D eigenvalue weighted by atomic mass is 10.1. The molecule has 140 valence electrons. The number of carbonyl (C=O) groups excluding carboxylic acids is 1. The number of thiazole rings is 1. The third kappa shape index (κ3) is 4.58. The van der Waals surface area contributed by atoms with E-state index in [0.717, 1.165) is 46.5 Å². The molecule has 1 saturated heterocycles. The lowest BCUT2D eigenvalue weighted by Crippen LogP contribution is -2.32. The highest BCUT2D eigenvalue weighted by Crippen LogP contribution is 2.30. The summed E-state index contributed by atoms with van der Waals surface area (Å²) in [4.78, 5) is 18.0. The van der Waals surface area contributed by atoms with Crippen LogP contribution in [0, 0.1) is 6.92 Å². The minimum Gasteiger partial charge on any atom is -0.321 e. The molecule has 3 heterocycles. The van der Waals surface area contributed by atoms with Gasteiger partial charge in [0.25, 0.3) is 5.91 Å². The van der Waals surface area contributed by atoms with Gasteiger partial charge in [-0.3, -0.25) is 9.48 Å². The van der Waals surface area contributed by atoms with E-state index in [1.165, 1.54) is 0 Å². The molecule has 27 heavy (non-hydrogen) atoms. The van der Waals surface area contributed by atoms with Crippen LogP contribution in [0.1, 0.15) is 35.1 Å². The van der Waals surface area contributed by atoms with Crippen molar-refractivity contribution in [2.24, 2.45) is 0 Å². The minimum absolute atomic E-state index is 0.187. The molecule has 1 aliphatic heterocycles. The van der Waals surface area contributed by atoms with Gasteiger partial charge in [0.2, 0.25) is 0 Å². The normalized spacial score (nSPS) is 17.0. The van der Waals surface area contributed by atoms with Crippen LogP contribution in [-0.2, 0) is 0 Å². The summed E-state index contributed by atoms with van der Waals surface area (Å²) in [7, 11) is 0. The van der Waals surface area contributed by atoms with Crippen molar-refractivity contribution in [2.75, 3.05) is 18.4 Å². The number of hydrogen-bond acceptors (Lipinski definition) is 6. The monoisotopic (exact) mass is 399 g/mol. The van der Waals surface area contributed by atoms with Crippen molar-refractivity contribution < 1.29 is 4.79 Å². The van der Waals surface area contributed by atoms with Gasteiger partial charge in [-0.05, 0) is 56.6 Å². The largest absolute Gasteiger partial charge is 0.321 e. The minimum atomic E-state index is -0.187. The van der Waals surface area contributed by atoms with Crippen molar-refractivity contribution in [3.05, 3.63) is 53.3 Å². The Kier molecular flexibility index (Phi) is 5.56. The Balaban J connectivity index is 1.37. The number of amides is 1. The molecule has 0 bridgehead atoms. The summed E-state index contributed by atoms with van der Waals surface area (Å²) in [6.45, 7) is 3.95. The molecule has 3 aromatic rings. The first-order valence-corrected chi connectivity index (χ1v) is 10.6. The number of aromatic nitrogens is 3. The molecule has 1 amide bonds. The molecule has 8 heteroatoms. The Morgan fingerprint density at radius 1 is 1.33 bits per heavy atom. The summed E-state index contributed by atoms with van der Waals surface area (Å²) >= 11 is 3.26. The number of anilines is 1. The van der Waals surface area contributed by atoms with Gasteiger partial charge in [-0.25, -0.2) is 4.98 Å².